The minimum atomic E-state index is -0.341. The van der Waals surface area contributed by atoms with Crippen LogP contribution in [0.2, 0.25) is 0 Å². The van der Waals surface area contributed by atoms with Crippen molar-refractivity contribution in [2.75, 3.05) is 11.9 Å². The molecular formula is C13H14FN3O. The van der Waals surface area contributed by atoms with E-state index in [9.17, 15) is 4.39 Å². The lowest BCUT2D eigenvalue weighted by atomic mass is 10.2. The summed E-state index contributed by atoms with van der Waals surface area (Å²) in [5.41, 5.74) is 0.840. The lowest BCUT2D eigenvalue weighted by Gasteiger charge is -2.08. The Hall–Kier alpha value is -2.17. The van der Waals surface area contributed by atoms with E-state index >= 15 is 0 Å². The molecule has 4 nitrogen and oxygen atoms in total. The Morgan fingerprint density at radius 1 is 1.33 bits per heavy atom. The van der Waals surface area contributed by atoms with Gasteiger partial charge in [-0.05, 0) is 25.5 Å². The summed E-state index contributed by atoms with van der Waals surface area (Å²) in [4.78, 5) is 8.22. The SMILES string of the molecule is CCNc1cncc(Oc2cc(F)ccc2C)n1. The Kier molecular flexibility index (Phi) is 3.72. The Morgan fingerprint density at radius 3 is 2.94 bits per heavy atom. The summed E-state index contributed by atoms with van der Waals surface area (Å²) >= 11 is 0. The van der Waals surface area contributed by atoms with Crippen molar-refractivity contribution in [3.8, 4) is 11.6 Å². The molecular weight excluding hydrogens is 233 g/mol. The maximum absolute atomic E-state index is 13.1. The fourth-order valence-electron chi connectivity index (χ4n) is 1.46. The lowest BCUT2D eigenvalue weighted by Crippen LogP contribution is -2.01. The van der Waals surface area contributed by atoms with Crippen molar-refractivity contribution < 1.29 is 9.13 Å². The largest absolute Gasteiger partial charge is 0.437 e. The molecule has 0 aliphatic heterocycles. The number of halogens is 1. The molecule has 94 valence electrons. The first-order valence-corrected chi connectivity index (χ1v) is 5.69. The molecule has 0 spiro atoms. The highest BCUT2D eigenvalue weighted by Gasteiger charge is 2.05. The number of hydrogen-bond donors (Lipinski definition) is 1. The van der Waals surface area contributed by atoms with Crippen LogP contribution in [0.1, 0.15) is 12.5 Å². The summed E-state index contributed by atoms with van der Waals surface area (Å²) in [5, 5.41) is 3.03. The highest BCUT2D eigenvalue weighted by Crippen LogP contribution is 2.24. The molecule has 0 saturated carbocycles. The van der Waals surface area contributed by atoms with Crippen LogP contribution in [0.15, 0.2) is 30.6 Å². The quantitative estimate of drug-likeness (QED) is 0.901. The van der Waals surface area contributed by atoms with Gasteiger partial charge in [-0.15, -0.1) is 0 Å². The second-order valence-electron chi connectivity index (χ2n) is 3.78. The van der Waals surface area contributed by atoms with E-state index in [1.54, 1.807) is 12.3 Å². The van der Waals surface area contributed by atoms with Crippen LogP contribution in [0.5, 0.6) is 11.6 Å². The van der Waals surface area contributed by atoms with Gasteiger partial charge in [-0.25, -0.2) is 4.39 Å². The number of aromatic nitrogens is 2. The first-order valence-electron chi connectivity index (χ1n) is 5.69. The molecule has 0 aliphatic carbocycles. The summed E-state index contributed by atoms with van der Waals surface area (Å²) in [5.74, 6) is 1.07. The van der Waals surface area contributed by atoms with Gasteiger partial charge >= 0.3 is 0 Å². The van der Waals surface area contributed by atoms with Gasteiger partial charge in [0.2, 0.25) is 5.88 Å². The molecule has 0 bridgehead atoms. The van der Waals surface area contributed by atoms with Crippen molar-refractivity contribution in [1.29, 1.82) is 0 Å². The molecule has 0 amide bonds. The van der Waals surface area contributed by atoms with E-state index in [-0.39, 0.29) is 5.82 Å². The Bertz CT molecular complexity index is 546. The number of nitrogens with zero attached hydrogens (tertiary/aromatic N) is 2. The van der Waals surface area contributed by atoms with Gasteiger partial charge in [-0.2, -0.15) is 4.98 Å². The number of aryl methyl sites for hydroxylation is 1. The molecule has 0 atom stereocenters. The van der Waals surface area contributed by atoms with Crippen LogP contribution < -0.4 is 10.1 Å². The van der Waals surface area contributed by atoms with Gasteiger partial charge < -0.3 is 10.1 Å². The number of hydrogen-bond acceptors (Lipinski definition) is 4. The van der Waals surface area contributed by atoms with Crippen molar-refractivity contribution in [3.05, 3.63) is 42.0 Å². The summed E-state index contributed by atoms with van der Waals surface area (Å²) < 4.78 is 18.6. The number of rotatable bonds is 4. The zero-order valence-corrected chi connectivity index (χ0v) is 10.3. The highest BCUT2D eigenvalue weighted by molar-refractivity contribution is 5.38. The molecule has 1 heterocycles. The molecule has 0 saturated heterocycles. The Balaban J connectivity index is 2.22. The summed E-state index contributed by atoms with van der Waals surface area (Å²) in [7, 11) is 0. The third-order valence-electron chi connectivity index (χ3n) is 2.34. The van der Waals surface area contributed by atoms with Gasteiger partial charge in [-0.1, -0.05) is 6.07 Å². The second kappa shape index (κ2) is 5.44. The van der Waals surface area contributed by atoms with Crippen molar-refractivity contribution in [2.45, 2.75) is 13.8 Å². The molecule has 1 N–H and O–H groups in total. The van der Waals surface area contributed by atoms with E-state index in [1.165, 1.54) is 18.3 Å². The van der Waals surface area contributed by atoms with Crippen molar-refractivity contribution in [3.63, 3.8) is 0 Å². The summed E-state index contributed by atoms with van der Waals surface area (Å²) in [6, 6.07) is 4.38. The topological polar surface area (TPSA) is 47.0 Å². The maximum Gasteiger partial charge on any atom is 0.239 e. The van der Waals surface area contributed by atoms with Crippen LogP contribution >= 0.6 is 0 Å². The van der Waals surface area contributed by atoms with Crippen molar-refractivity contribution in [2.24, 2.45) is 0 Å². The number of nitrogens with one attached hydrogen (secondary N) is 1. The molecule has 0 radical (unpaired) electrons. The predicted octanol–water partition coefficient (Wildman–Crippen LogP) is 3.15. The third kappa shape index (κ3) is 2.94. The number of benzene rings is 1. The number of ether oxygens (including phenoxy) is 1. The van der Waals surface area contributed by atoms with Crippen LogP contribution in [0, 0.1) is 12.7 Å². The maximum atomic E-state index is 13.1. The van der Waals surface area contributed by atoms with Gasteiger partial charge in [-0.3, -0.25) is 4.98 Å². The van der Waals surface area contributed by atoms with Gasteiger partial charge in [0.05, 0.1) is 12.4 Å². The minimum absolute atomic E-state index is 0.335. The van der Waals surface area contributed by atoms with Crippen LogP contribution in [0.25, 0.3) is 0 Å². The van der Waals surface area contributed by atoms with E-state index in [2.05, 4.69) is 15.3 Å². The average molecular weight is 247 g/mol. The van der Waals surface area contributed by atoms with E-state index in [0.717, 1.165) is 12.1 Å². The smallest absolute Gasteiger partial charge is 0.239 e. The summed E-state index contributed by atoms with van der Waals surface area (Å²) in [6.07, 6.45) is 3.10. The average Bonchev–Trinajstić information content (AvgIpc) is 2.35. The Morgan fingerprint density at radius 2 is 2.17 bits per heavy atom. The first-order chi connectivity index (χ1) is 8.69. The molecule has 2 aromatic rings. The third-order valence-corrected chi connectivity index (χ3v) is 2.34. The standard InChI is InChI=1S/C13H14FN3O/c1-3-16-12-7-15-8-13(17-12)18-11-6-10(14)5-4-9(11)2/h4-8H,3H2,1-2H3,(H,16,17). The molecule has 18 heavy (non-hydrogen) atoms. The normalized spacial score (nSPS) is 10.2. The first kappa shape index (κ1) is 12.3. The molecule has 1 aromatic carbocycles. The molecule has 0 unspecified atom stereocenters. The molecule has 5 heteroatoms. The van der Waals surface area contributed by atoms with E-state index in [0.29, 0.717) is 17.4 Å². The zero-order valence-electron chi connectivity index (χ0n) is 10.3. The lowest BCUT2D eigenvalue weighted by molar-refractivity contribution is 0.452. The zero-order chi connectivity index (χ0) is 13.0. The van der Waals surface area contributed by atoms with E-state index in [4.69, 9.17) is 4.74 Å². The van der Waals surface area contributed by atoms with Crippen LogP contribution in [-0.2, 0) is 0 Å². The molecule has 2 rings (SSSR count). The van der Waals surface area contributed by atoms with Crippen LogP contribution in [0.4, 0.5) is 10.2 Å². The van der Waals surface area contributed by atoms with Crippen molar-refractivity contribution in [1.82, 2.24) is 9.97 Å². The minimum Gasteiger partial charge on any atom is -0.437 e. The molecule has 0 fully saturated rings. The van der Waals surface area contributed by atoms with Crippen LogP contribution in [0.3, 0.4) is 0 Å². The van der Waals surface area contributed by atoms with E-state index < -0.39 is 0 Å². The van der Waals surface area contributed by atoms with Gasteiger partial charge in [0.15, 0.2) is 0 Å². The highest BCUT2D eigenvalue weighted by atomic mass is 19.1. The van der Waals surface area contributed by atoms with Gasteiger partial charge in [0.1, 0.15) is 17.4 Å². The second-order valence-corrected chi connectivity index (χ2v) is 3.78. The fraction of sp³-hybridized carbons (Fsp3) is 0.231. The summed E-state index contributed by atoms with van der Waals surface area (Å²) in [6.45, 7) is 4.55. The van der Waals surface area contributed by atoms with Crippen LogP contribution in [-0.4, -0.2) is 16.5 Å². The predicted molar refractivity (Wildman–Crippen MR) is 67.4 cm³/mol. The van der Waals surface area contributed by atoms with Crippen molar-refractivity contribution >= 4 is 5.82 Å². The fourth-order valence-corrected chi connectivity index (χ4v) is 1.46. The molecule has 1 aromatic heterocycles. The number of anilines is 1. The Labute approximate surface area is 105 Å². The monoisotopic (exact) mass is 247 g/mol. The van der Waals surface area contributed by atoms with Gasteiger partial charge in [0, 0.05) is 12.6 Å². The molecule has 0 aliphatic rings. The van der Waals surface area contributed by atoms with Gasteiger partial charge in [0.25, 0.3) is 0 Å². The van der Waals surface area contributed by atoms with E-state index in [1.807, 2.05) is 13.8 Å².